The van der Waals surface area contributed by atoms with Crippen LogP contribution in [0.25, 0.3) is 0 Å². The maximum absolute atomic E-state index is 10.9. The molecule has 0 spiro atoms. The van der Waals surface area contributed by atoms with Crippen molar-refractivity contribution in [1.82, 2.24) is 9.13 Å². The number of phenolic OH excluding ortho intramolecular Hbond substituents is 2. The Balaban J connectivity index is 1.14. The van der Waals surface area contributed by atoms with Crippen molar-refractivity contribution in [2.24, 2.45) is 14.1 Å². The number of benzene rings is 3. The van der Waals surface area contributed by atoms with E-state index in [1.807, 2.05) is 20.2 Å². The van der Waals surface area contributed by atoms with E-state index in [9.17, 15) is 10.2 Å². The molecular formula is C36H45N5O2+2. The summed E-state index contributed by atoms with van der Waals surface area (Å²) in [4.78, 5) is 0. The molecule has 0 amide bonds. The minimum absolute atomic E-state index is 0.172. The summed E-state index contributed by atoms with van der Waals surface area (Å²) in [5.74, 6) is 0.350. The first-order chi connectivity index (χ1) is 20.8. The third kappa shape index (κ3) is 8.28. The number of imidazole rings is 2. The van der Waals surface area contributed by atoms with Gasteiger partial charge in [-0.15, -0.1) is 0 Å². The van der Waals surface area contributed by atoms with Gasteiger partial charge >= 0.3 is 0 Å². The maximum Gasteiger partial charge on any atom is 0.243 e. The average molecular weight is 580 g/mol. The van der Waals surface area contributed by atoms with Crippen LogP contribution in [0.1, 0.15) is 52.6 Å². The van der Waals surface area contributed by atoms with Crippen molar-refractivity contribution >= 4 is 5.69 Å². The fourth-order valence-electron chi connectivity index (χ4n) is 5.60. The fraction of sp³-hybridized carbons (Fsp3) is 0.333. The molecule has 43 heavy (non-hydrogen) atoms. The van der Waals surface area contributed by atoms with Crippen molar-refractivity contribution in [3.63, 3.8) is 0 Å². The zero-order valence-electron chi connectivity index (χ0n) is 25.7. The topological polar surface area (TPSA) is 70.1 Å². The Bertz CT molecular complexity index is 1500. The molecule has 0 atom stereocenters. The van der Waals surface area contributed by atoms with Crippen LogP contribution < -0.4 is 14.5 Å². The number of nitrogens with zero attached hydrogens (tertiary/aromatic N) is 4. The van der Waals surface area contributed by atoms with E-state index in [1.54, 1.807) is 6.92 Å². The number of unbranched alkanes of at least 4 members (excludes halogenated alkanes) is 1. The Morgan fingerprint density at radius 3 is 1.72 bits per heavy atom. The second kappa shape index (κ2) is 14.1. The lowest BCUT2D eigenvalue weighted by atomic mass is 9.94. The van der Waals surface area contributed by atoms with E-state index in [4.69, 9.17) is 0 Å². The van der Waals surface area contributed by atoms with Crippen LogP contribution in [0.2, 0.25) is 0 Å². The SMILES string of the molecule is Cc1c(O)c(Cc2ccc(CCCCn3cc[n+](C)c3)cc2)cc(Cc2ccc(NCCCn3cc[n+](C)c3)cc2)c1O. The predicted molar refractivity (Wildman–Crippen MR) is 170 cm³/mol. The smallest absolute Gasteiger partial charge is 0.243 e. The Morgan fingerprint density at radius 2 is 1.19 bits per heavy atom. The molecular weight excluding hydrogens is 534 g/mol. The van der Waals surface area contributed by atoms with Gasteiger partial charge in [-0.25, -0.2) is 18.3 Å². The maximum atomic E-state index is 10.9. The minimum atomic E-state index is 0.172. The molecule has 5 aromatic rings. The van der Waals surface area contributed by atoms with Crippen molar-refractivity contribution in [3.05, 3.63) is 125 Å². The van der Waals surface area contributed by atoms with Gasteiger partial charge in [0.15, 0.2) is 0 Å². The normalized spacial score (nSPS) is 11.2. The molecule has 0 aliphatic carbocycles. The first-order valence-corrected chi connectivity index (χ1v) is 15.3. The second-order valence-corrected chi connectivity index (χ2v) is 11.8. The number of hydrogen-bond acceptors (Lipinski definition) is 3. The molecule has 7 heteroatoms. The lowest BCUT2D eigenvalue weighted by Crippen LogP contribution is -2.23. The Kier molecular flexibility index (Phi) is 9.82. The molecule has 7 nitrogen and oxygen atoms in total. The number of aryl methyl sites for hydroxylation is 5. The van der Waals surface area contributed by atoms with Crippen LogP contribution in [-0.2, 0) is 46.4 Å². The number of anilines is 1. The van der Waals surface area contributed by atoms with Crippen molar-refractivity contribution in [2.75, 3.05) is 11.9 Å². The molecule has 0 unspecified atom stereocenters. The molecule has 3 aromatic carbocycles. The van der Waals surface area contributed by atoms with Crippen molar-refractivity contribution in [1.29, 1.82) is 0 Å². The summed E-state index contributed by atoms with van der Waals surface area (Å²) in [7, 11) is 4.08. The first kappa shape index (κ1) is 30.0. The molecule has 0 bridgehead atoms. The van der Waals surface area contributed by atoms with Crippen LogP contribution in [0.5, 0.6) is 11.5 Å². The molecule has 0 aliphatic heterocycles. The van der Waals surface area contributed by atoms with Gasteiger partial charge in [-0.2, -0.15) is 0 Å². The van der Waals surface area contributed by atoms with Crippen molar-refractivity contribution in [2.45, 2.75) is 58.5 Å². The summed E-state index contributed by atoms with van der Waals surface area (Å²) in [6.07, 6.45) is 18.1. The molecule has 0 fully saturated rings. The largest absolute Gasteiger partial charge is 0.507 e. The summed E-state index contributed by atoms with van der Waals surface area (Å²) in [5.41, 5.74) is 6.90. The molecule has 0 saturated heterocycles. The van der Waals surface area contributed by atoms with E-state index in [1.165, 1.54) is 5.56 Å². The standard InChI is InChI=1S/C36H43N5O2/c1-28-35(42)32(23-30-10-8-29(9-11-30)7-4-5-17-40-21-19-38(2)26-40)25-33(36(28)43)24-31-12-14-34(15-13-31)37-16-6-18-41-22-20-39(3)27-41/h8-15,19-22,25-27,37H,4-7,16-18,23-24H2,1-3H3/p+2. The minimum Gasteiger partial charge on any atom is -0.507 e. The van der Waals surface area contributed by atoms with Gasteiger partial charge in [-0.1, -0.05) is 36.4 Å². The monoisotopic (exact) mass is 579 g/mol. The van der Waals surface area contributed by atoms with E-state index < -0.39 is 0 Å². The zero-order chi connectivity index (χ0) is 30.2. The highest BCUT2D eigenvalue weighted by Gasteiger charge is 2.15. The van der Waals surface area contributed by atoms with Crippen LogP contribution in [0.3, 0.4) is 0 Å². The van der Waals surface area contributed by atoms with Gasteiger partial charge in [0.25, 0.3) is 0 Å². The number of aromatic nitrogens is 4. The molecule has 3 N–H and O–H groups in total. The molecule has 0 aliphatic rings. The summed E-state index contributed by atoms with van der Waals surface area (Å²) in [6, 6.07) is 19.1. The van der Waals surface area contributed by atoms with Crippen LogP contribution in [0.15, 0.2) is 92.0 Å². The van der Waals surface area contributed by atoms with Gasteiger partial charge in [0.1, 0.15) is 36.3 Å². The molecule has 5 rings (SSSR count). The van der Waals surface area contributed by atoms with Gasteiger partial charge < -0.3 is 15.5 Å². The first-order valence-electron chi connectivity index (χ1n) is 15.3. The molecule has 224 valence electrons. The highest BCUT2D eigenvalue weighted by molar-refractivity contribution is 5.55. The highest BCUT2D eigenvalue weighted by Crippen LogP contribution is 2.36. The van der Waals surface area contributed by atoms with Gasteiger partial charge in [-0.3, -0.25) is 0 Å². The molecule has 2 aromatic heterocycles. The molecule has 0 radical (unpaired) electrons. The van der Waals surface area contributed by atoms with Crippen molar-refractivity contribution in [3.8, 4) is 11.5 Å². The molecule has 2 heterocycles. The summed E-state index contributed by atoms with van der Waals surface area (Å²) in [5, 5.41) is 25.2. The van der Waals surface area contributed by atoms with E-state index in [2.05, 4.69) is 110 Å². The van der Waals surface area contributed by atoms with Gasteiger partial charge in [0.2, 0.25) is 12.7 Å². The Labute approximate surface area is 255 Å². The van der Waals surface area contributed by atoms with Gasteiger partial charge in [0.05, 0.1) is 27.2 Å². The number of nitrogens with one attached hydrogen (secondary N) is 1. The van der Waals surface area contributed by atoms with Crippen LogP contribution >= 0.6 is 0 Å². The highest BCUT2D eigenvalue weighted by atomic mass is 16.3. The van der Waals surface area contributed by atoms with Gasteiger partial charge in [-0.05, 0) is 72.2 Å². The predicted octanol–water partition coefficient (Wildman–Crippen LogP) is 5.36. The van der Waals surface area contributed by atoms with E-state index in [0.717, 1.165) is 73.3 Å². The zero-order valence-corrected chi connectivity index (χ0v) is 25.7. The third-order valence-corrected chi connectivity index (χ3v) is 8.13. The van der Waals surface area contributed by atoms with E-state index in [0.29, 0.717) is 18.4 Å². The fourth-order valence-corrected chi connectivity index (χ4v) is 5.60. The second-order valence-electron chi connectivity index (χ2n) is 11.8. The lowest BCUT2D eigenvalue weighted by molar-refractivity contribution is -0.671. The number of rotatable bonds is 14. The average Bonchev–Trinajstić information content (AvgIpc) is 3.63. The lowest BCUT2D eigenvalue weighted by Gasteiger charge is -2.15. The summed E-state index contributed by atoms with van der Waals surface area (Å²) < 4.78 is 8.54. The number of phenols is 2. The molecule has 0 saturated carbocycles. The Morgan fingerprint density at radius 1 is 0.674 bits per heavy atom. The third-order valence-electron chi connectivity index (χ3n) is 8.13. The van der Waals surface area contributed by atoms with Crippen LogP contribution in [0.4, 0.5) is 5.69 Å². The quantitative estimate of drug-likeness (QED) is 0.123. The van der Waals surface area contributed by atoms with E-state index >= 15 is 0 Å². The Hall–Kier alpha value is -4.52. The summed E-state index contributed by atoms with van der Waals surface area (Å²) in [6.45, 7) is 4.70. The number of aromatic hydroxyl groups is 2. The van der Waals surface area contributed by atoms with Crippen LogP contribution in [-0.4, -0.2) is 25.9 Å². The number of hydrogen-bond donors (Lipinski definition) is 3. The van der Waals surface area contributed by atoms with Crippen molar-refractivity contribution < 1.29 is 19.3 Å². The van der Waals surface area contributed by atoms with Crippen LogP contribution in [0, 0.1) is 6.92 Å². The van der Waals surface area contributed by atoms with Gasteiger partial charge in [0, 0.05) is 37.1 Å². The van der Waals surface area contributed by atoms with E-state index in [-0.39, 0.29) is 11.5 Å². The summed E-state index contributed by atoms with van der Waals surface area (Å²) >= 11 is 0.